The first-order valence-electron chi connectivity index (χ1n) is 2.89. The van der Waals surface area contributed by atoms with Gasteiger partial charge in [-0.2, -0.15) is 21.0 Å². The van der Waals surface area contributed by atoms with Gasteiger partial charge in [0, 0.05) is 27.7 Å². The molecule has 0 saturated carbocycles. The fourth-order valence-corrected chi connectivity index (χ4v) is 0. The van der Waals surface area contributed by atoms with Gasteiger partial charge in [0.05, 0.1) is 24.3 Å². The van der Waals surface area contributed by atoms with Gasteiger partial charge in [-0.25, -0.2) is 0 Å². The molecule has 6 heteroatoms. The van der Waals surface area contributed by atoms with Gasteiger partial charge in [0.25, 0.3) is 0 Å². The first-order chi connectivity index (χ1) is 5.66. The fraction of sp³-hybridized carbons (Fsp3) is 0.500. The molecule has 0 spiro atoms. The molecule has 0 aromatic heterocycles. The van der Waals surface area contributed by atoms with Crippen LogP contribution in [0, 0.1) is 45.3 Å². The Morgan fingerprint density at radius 1 is 0.500 bits per heavy atom. The molecule has 0 amide bonds. The topological polar surface area (TPSA) is 95.2 Å². The van der Waals surface area contributed by atoms with E-state index in [1.807, 2.05) is 0 Å². The summed E-state index contributed by atoms with van der Waals surface area (Å²) in [5, 5.41) is 29.3. The highest BCUT2D eigenvalue weighted by molar-refractivity contribution is 5.85. The predicted octanol–water partition coefficient (Wildman–Crippen LogP) is 2.96. The molecule has 14 heavy (non-hydrogen) atoms. The zero-order valence-electron chi connectivity index (χ0n) is 8.61. The Balaban J connectivity index is -0.0000000145. The SMILES string of the molecule is CC#N.CC#N.CC#N.CC#N.Cl.Cl. The minimum Gasteiger partial charge on any atom is -0.199 e. The lowest BCUT2D eigenvalue weighted by atomic mass is 11.0. The molecule has 0 aromatic carbocycles. The molecule has 0 N–H and O–H groups in total. The van der Waals surface area contributed by atoms with E-state index in [1.165, 1.54) is 27.7 Å². The van der Waals surface area contributed by atoms with Gasteiger partial charge in [0.15, 0.2) is 0 Å². The second-order valence-electron chi connectivity index (χ2n) is 0.894. The third-order valence-electron chi connectivity index (χ3n) is 0. The normalized spacial score (nSPS) is 2.29. The maximum Gasteiger partial charge on any atom is 0.0587 e. The van der Waals surface area contributed by atoms with Crippen LogP contribution < -0.4 is 0 Å². The zero-order chi connectivity index (χ0) is 10.8. The second kappa shape index (κ2) is 199. The summed E-state index contributed by atoms with van der Waals surface area (Å²) in [6.45, 7) is 5.72. The number of rotatable bonds is 0. The Bertz CT molecular complexity index is 153. The van der Waals surface area contributed by atoms with Crippen molar-refractivity contribution >= 4 is 24.8 Å². The summed E-state index contributed by atoms with van der Waals surface area (Å²) in [5.41, 5.74) is 0. The zero-order valence-corrected chi connectivity index (χ0v) is 10.2. The quantitative estimate of drug-likeness (QED) is 0.646. The highest BCUT2D eigenvalue weighted by atomic mass is 35.5. The summed E-state index contributed by atoms with van der Waals surface area (Å²) in [4.78, 5) is 0. The summed E-state index contributed by atoms with van der Waals surface area (Å²) < 4.78 is 0. The molecule has 0 fully saturated rings. The van der Waals surface area contributed by atoms with E-state index in [0.29, 0.717) is 0 Å². The van der Waals surface area contributed by atoms with Crippen LogP contribution in [-0.4, -0.2) is 0 Å². The van der Waals surface area contributed by atoms with Crippen LogP contribution in [0.1, 0.15) is 27.7 Å². The molecule has 0 rings (SSSR count). The van der Waals surface area contributed by atoms with Crippen molar-refractivity contribution in [3.8, 4) is 24.3 Å². The molecule has 0 bridgehead atoms. The molecule has 0 aliphatic heterocycles. The van der Waals surface area contributed by atoms with Gasteiger partial charge in [-0.1, -0.05) is 0 Å². The van der Waals surface area contributed by atoms with Crippen LogP contribution in [0.2, 0.25) is 0 Å². The lowest BCUT2D eigenvalue weighted by molar-refractivity contribution is 1.49. The van der Waals surface area contributed by atoms with E-state index in [2.05, 4.69) is 0 Å². The van der Waals surface area contributed by atoms with Crippen LogP contribution in [-0.2, 0) is 0 Å². The molecule has 80 valence electrons. The molecule has 0 radical (unpaired) electrons. The van der Waals surface area contributed by atoms with Crippen molar-refractivity contribution in [2.24, 2.45) is 0 Å². The van der Waals surface area contributed by atoms with Crippen LogP contribution in [0.15, 0.2) is 0 Å². The lowest BCUT2D eigenvalue weighted by Gasteiger charge is -1.15. The smallest absolute Gasteiger partial charge is 0.0587 e. The Morgan fingerprint density at radius 3 is 0.500 bits per heavy atom. The van der Waals surface area contributed by atoms with Gasteiger partial charge in [-0.15, -0.1) is 24.8 Å². The van der Waals surface area contributed by atoms with Crippen LogP contribution in [0.3, 0.4) is 0 Å². The van der Waals surface area contributed by atoms with Gasteiger partial charge in [-0.3, -0.25) is 0 Å². The molecule has 0 aromatic rings. The average Bonchev–Trinajstić information content (AvgIpc) is 1.92. The van der Waals surface area contributed by atoms with Crippen molar-refractivity contribution in [1.82, 2.24) is 0 Å². The van der Waals surface area contributed by atoms with Crippen molar-refractivity contribution in [2.75, 3.05) is 0 Å². The number of nitriles is 4. The van der Waals surface area contributed by atoms with Crippen molar-refractivity contribution in [2.45, 2.75) is 27.7 Å². The number of hydrogen-bond acceptors (Lipinski definition) is 4. The Hall–Kier alpha value is -1.46. The fourth-order valence-electron chi connectivity index (χ4n) is 0. The van der Waals surface area contributed by atoms with Gasteiger partial charge >= 0.3 is 0 Å². The van der Waals surface area contributed by atoms with E-state index in [4.69, 9.17) is 21.0 Å². The van der Waals surface area contributed by atoms with E-state index in [9.17, 15) is 0 Å². The highest BCUT2D eigenvalue weighted by Gasteiger charge is 1.18. The number of hydrogen-bond donors (Lipinski definition) is 0. The molecular formula is C8H14Cl2N4. The van der Waals surface area contributed by atoms with Crippen molar-refractivity contribution in [1.29, 1.82) is 21.0 Å². The van der Waals surface area contributed by atoms with E-state index >= 15 is 0 Å². The lowest BCUT2D eigenvalue weighted by Crippen LogP contribution is -1.10. The first kappa shape index (κ1) is 39.0. The third-order valence-corrected chi connectivity index (χ3v) is 0. The third kappa shape index (κ3) is 450. The predicted molar refractivity (Wildman–Crippen MR) is 59.6 cm³/mol. The second-order valence-corrected chi connectivity index (χ2v) is 0.894. The van der Waals surface area contributed by atoms with Gasteiger partial charge < -0.3 is 0 Å². The van der Waals surface area contributed by atoms with Crippen LogP contribution >= 0.6 is 24.8 Å². The minimum atomic E-state index is 0. The van der Waals surface area contributed by atoms with Crippen molar-refractivity contribution < 1.29 is 0 Å². The Morgan fingerprint density at radius 2 is 0.500 bits per heavy atom. The summed E-state index contributed by atoms with van der Waals surface area (Å²) in [6.07, 6.45) is 0. The Kier molecular flexibility index (Phi) is 554. The monoisotopic (exact) mass is 236 g/mol. The van der Waals surface area contributed by atoms with Gasteiger partial charge in [0.1, 0.15) is 0 Å². The maximum absolute atomic E-state index is 7.32. The molecule has 0 heterocycles. The first-order valence-corrected chi connectivity index (χ1v) is 2.89. The van der Waals surface area contributed by atoms with Crippen LogP contribution in [0.5, 0.6) is 0 Å². The van der Waals surface area contributed by atoms with Crippen LogP contribution in [0.4, 0.5) is 0 Å². The molecule has 0 aliphatic rings. The molecule has 0 aliphatic carbocycles. The molecule has 0 unspecified atom stereocenters. The number of nitrogens with zero attached hydrogens (tertiary/aromatic N) is 4. The Labute approximate surface area is 98.2 Å². The molecule has 0 saturated heterocycles. The summed E-state index contributed by atoms with van der Waals surface area (Å²) in [6, 6.07) is 7.00. The number of halogens is 2. The molecule has 0 atom stereocenters. The molecular weight excluding hydrogens is 223 g/mol. The molecule has 4 nitrogen and oxygen atoms in total. The summed E-state index contributed by atoms with van der Waals surface area (Å²) in [7, 11) is 0. The highest BCUT2D eigenvalue weighted by Crippen LogP contribution is 1.22. The average molecular weight is 237 g/mol. The van der Waals surface area contributed by atoms with E-state index in [0.717, 1.165) is 0 Å². The van der Waals surface area contributed by atoms with Crippen molar-refractivity contribution in [3.63, 3.8) is 0 Å². The maximum atomic E-state index is 7.32. The van der Waals surface area contributed by atoms with Crippen molar-refractivity contribution in [3.05, 3.63) is 0 Å². The van der Waals surface area contributed by atoms with E-state index < -0.39 is 0 Å². The minimum absolute atomic E-state index is 0. The van der Waals surface area contributed by atoms with Gasteiger partial charge in [-0.05, 0) is 0 Å². The van der Waals surface area contributed by atoms with E-state index in [1.54, 1.807) is 24.3 Å². The standard InChI is InChI=1S/4C2H3N.2ClH/c4*1-2-3;;/h4*1H3;2*1H. The summed E-state index contributed by atoms with van der Waals surface area (Å²) >= 11 is 0. The summed E-state index contributed by atoms with van der Waals surface area (Å²) in [5.74, 6) is 0. The van der Waals surface area contributed by atoms with E-state index in [-0.39, 0.29) is 24.8 Å². The van der Waals surface area contributed by atoms with Crippen LogP contribution in [0.25, 0.3) is 0 Å². The van der Waals surface area contributed by atoms with Gasteiger partial charge in [0.2, 0.25) is 0 Å². The largest absolute Gasteiger partial charge is 0.199 e.